The van der Waals surface area contributed by atoms with E-state index in [4.69, 9.17) is 24.0 Å². The third kappa shape index (κ3) is 4.65. The molecule has 33 heavy (non-hydrogen) atoms. The molecule has 6 nitrogen and oxygen atoms in total. The third-order valence-electron chi connectivity index (χ3n) is 5.56. The zero-order valence-electron chi connectivity index (χ0n) is 19.6. The van der Waals surface area contributed by atoms with Gasteiger partial charge in [0.25, 0.3) is 0 Å². The molecule has 0 aliphatic carbocycles. The summed E-state index contributed by atoms with van der Waals surface area (Å²) in [6.45, 7) is 2.71. The Morgan fingerprint density at radius 3 is 1.94 bits per heavy atom. The number of rotatable bonds is 8. The van der Waals surface area contributed by atoms with E-state index >= 15 is 0 Å². The number of hydrogen-bond donors (Lipinski definition) is 0. The van der Waals surface area contributed by atoms with E-state index in [1.54, 1.807) is 28.4 Å². The van der Waals surface area contributed by atoms with E-state index in [0.717, 1.165) is 34.0 Å². The Morgan fingerprint density at radius 1 is 0.697 bits per heavy atom. The van der Waals surface area contributed by atoms with Crippen LogP contribution in [0.3, 0.4) is 0 Å². The number of hydrogen-bond acceptors (Lipinski definition) is 5. The summed E-state index contributed by atoms with van der Waals surface area (Å²) in [6, 6.07) is 22.0. The van der Waals surface area contributed by atoms with Gasteiger partial charge in [-0.05, 0) is 42.8 Å². The molecule has 0 saturated carbocycles. The van der Waals surface area contributed by atoms with Crippen molar-refractivity contribution in [3.63, 3.8) is 0 Å². The lowest BCUT2D eigenvalue weighted by molar-refractivity contribution is 0.395. The highest BCUT2D eigenvalue weighted by Gasteiger charge is 2.18. The van der Waals surface area contributed by atoms with Gasteiger partial charge in [-0.2, -0.15) is 5.10 Å². The van der Waals surface area contributed by atoms with Gasteiger partial charge in [-0.3, -0.25) is 4.68 Å². The topological polar surface area (TPSA) is 54.7 Å². The van der Waals surface area contributed by atoms with Crippen molar-refractivity contribution in [3.05, 3.63) is 77.9 Å². The third-order valence-corrected chi connectivity index (χ3v) is 5.56. The van der Waals surface area contributed by atoms with E-state index < -0.39 is 0 Å². The highest BCUT2D eigenvalue weighted by Crippen LogP contribution is 2.38. The van der Waals surface area contributed by atoms with E-state index in [1.807, 2.05) is 41.1 Å². The lowest BCUT2D eigenvalue weighted by Gasteiger charge is -2.13. The van der Waals surface area contributed by atoms with Crippen LogP contribution in [0.5, 0.6) is 23.0 Å². The van der Waals surface area contributed by atoms with Crippen LogP contribution in [-0.4, -0.2) is 38.2 Å². The van der Waals surface area contributed by atoms with E-state index in [1.165, 1.54) is 11.1 Å². The average molecular weight is 445 g/mol. The molecule has 4 rings (SSSR count). The van der Waals surface area contributed by atoms with Crippen LogP contribution in [0.2, 0.25) is 0 Å². The zero-order valence-corrected chi connectivity index (χ0v) is 19.6. The number of aromatic nitrogens is 2. The SMILES string of the molecule is COc1ccc(-c2cc(-c3ccc(OC)cc3OC)n(Cc3cccc(C)c3)n2)c(OC)c1. The largest absolute Gasteiger partial charge is 0.497 e. The predicted molar refractivity (Wildman–Crippen MR) is 130 cm³/mol. The van der Waals surface area contributed by atoms with Crippen molar-refractivity contribution in [2.24, 2.45) is 0 Å². The van der Waals surface area contributed by atoms with Gasteiger partial charge in [0.1, 0.15) is 23.0 Å². The maximum atomic E-state index is 5.69. The van der Waals surface area contributed by atoms with Gasteiger partial charge in [0, 0.05) is 23.3 Å². The molecule has 1 heterocycles. The Bertz CT molecular complexity index is 1260. The molecule has 0 unspecified atom stereocenters. The molecule has 4 aromatic rings. The first-order chi connectivity index (χ1) is 16.1. The lowest BCUT2D eigenvalue weighted by atomic mass is 10.1. The quantitative estimate of drug-likeness (QED) is 0.354. The minimum absolute atomic E-state index is 0.616. The number of ether oxygens (including phenoxy) is 4. The van der Waals surface area contributed by atoms with Crippen molar-refractivity contribution in [1.29, 1.82) is 0 Å². The van der Waals surface area contributed by atoms with E-state index in [2.05, 4.69) is 37.3 Å². The van der Waals surface area contributed by atoms with E-state index in [-0.39, 0.29) is 0 Å². The van der Waals surface area contributed by atoms with Gasteiger partial charge in [-0.25, -0.2) is 0 Å². The van der Waals surface area contributed by atoms with Crippen LogP contribution in [0.15, 0.2) is 66.7 Å². The fourth-order valence-corrected chi connectivity index (χ4v) is 3.89. The number of nitrogens with zero attached hydrogens (tertiary/aromatic N) is 2. The van der Waals surface area contributed by atoms with Gasteiger partial charge >= 0.3 is 0 Å². The molecule has 0 atom stereocenters. The number of aryl methyl sites for hydroxylation is 1. The van der Waals surface area contributed by atoms with Gasteiger partial charge in [0.15, 0.2) is 0 Å². The van der Waals surface area contributed by atoms with E-state index in [0.29, 0.717) is 18.0 Å². The second-order valence-electron chi connectivity index (χ2n) is 7.69. The van der Waals surface area contributed by atoms with Gasteiger partial charge in [-0.15, -0.1) is 0 Å². The molecule has 0 fully saturated rings. The Labute approximate surface area is 194 Å². The highest BCUT2D eigenvalue weighted by molar-refractivity contribution is 5.76. The second-order valence-corrected chi connectivity index (χ2v) is 7.69. The van der Waals surface area contributed by atoms with Gasteiger partial charge in [-0.1, -0.05) is 29.8 Å². The summed E-state index contributed by atoms with van der Waals surface area (Å²) in [5.74, 6) is 2.88. The molecule has 0 N–H and O–H groups in total. The molecular formula is C27H28N2O4. The molecule has 0 aliphatic heterocycles. The molecule has 170 valence electrons. The number of benzene rings is 3. The summed E-state index contributed by atoms with van der Waals surface area (Å²) >= 11 is 0. The van der Waals surface area contributed by atoms with Crippen molar-refractivity contribution in [2.75, 3.05) is 28.4 Å². The summed E-state index contributed by atoms with van der Waals surface area (Å²) in [4.78, 5) is 0. The van der Waals surface area contributed by atoms with Crippen molar-refractivity contribution >= 4 is 0 Å². The van der Waals surface area contributed by atoms with Crippen LogP contribution in [-0.2, 0) is 6.54 Å². The van der Waals surface area contributed by atoms with Crippen LogP contribution in [0, 0.1) is 6.92 Å². The van der Waals surface area contributed by atoms with Crippen molar-refractivity contribution in [3.8, 4) is 45.5 Å². The predicted octanol–water partition coefficient (Wildman–Crippen LogP) is 5.61. The Hall–Kier alpha value is -3.93. The van der Waals surface area contributed by atoms with Gasteiger partial charge in [0.2, 0.25) is 0 Å². The average Bonchev–Trinajstić information content (AvgIpc) is 3.26. The van der Waals surface area contributed by atoms with Gasteiger partial charge < -0.3 is 18.9 Å². The summed E-state index contributed by atoms with van der Waals surface area (Å²) in [6.07, 6.45) is 0. The Balaban J connectivity index is 1.87. The normalized spacial score (nSPS) is 10.7. The lowest BCUT2D eigenvalue weighted by Crippen LogP contribution is -2.05. The number of methoxy groups -OCH3 is 4. The monoisotopic (exact) mass is 444 g/mol. The molecule has 6 heteroatoms. The van der Waals surface area contributed by atoms with E-state index in [9.17, 15) is 0 Å². The van der Waals surface area contributed by atoms with Crippen LogP contribution in [0.1, 0.15) is 11.1 Å². The molecule has 0 radical (unpaired) electrons. The molecule has 3 aromatic carbocycles. The van der Waals surface area contributed by atoms with Crippen molar-refractivity contribution < 1.29 is 18.9 Å². The standard InChI is InChI=1S/C27H28N2O4/c1-18-7-6-8-19(13-18)17-29-25(23-12-10-21(31-3)15-27(23)33-5)16-24(28-29)22-11-9-20(30-2)14-26(22)32-4/h6-16H,17H2,1-5H3. The summed E-state index contributed by atoms with van der Waals surface area (Å²) in [5, 5.41) is 4.97. The molecule has 1 aromatic heterocycles. The maximum absolute atomic E-state index is 5.69. The van der Waals surface area contributed by atoms with Gasteiger partial charge in [0.05, 0.1) is 46.4 Å². The highest BCUT2D eigenvalue weighted by atomic mass is 16.5. The van der Waals surface area contributed by atoms with Crippen LogP contribution in [0.4, 0.5) is 0 Å². The first-order valence-corrected chi connectivity index (χ1v) is 10.6. The molecule has 0 aliphatic rings. The van der Waals surface area contributed by atoms with Crippen molar-refractivity contribution in [1.82, 2.24) is 9.78 Å². The smallest absolute Gasteiger partial charge is 0.132 e. The molecule has 0 spiro atoms. The minimum Gasteiger partial charge on any atom is -0.497 e. The molecule has 0 saturated heterocycles. The Morgan fingerprint density at radius 2 is 1.33 bits per heavy atom. The Kier molecular flexibility index (Phi) is 6.54. The first-order valence-electron chi connectivity index (χ1n) is 10.6. The maximum Gasteiger partial charge on any atom is 0.132 e. The van der Waals surface area contributed by atoms with Crippen molar-refractivity contribution in [2.45, 2.75) is 13.5 Å². The molecular weight excluding hydrogens is 416 g/mol. The summed E-state index contributed by atoms with van der Waals surface area (Å²) < 4.78 is 24.1. The van der Waals surface area contributed by atoms with Crippen LogP contribution >= 0.6 is 0 Å². The first kappa shape index (κ1) is 22.3. The van der Waals surface area contributed by atoms with Crippen LogP contribution < -0.4 is 18.9 Å². The zero-order chi connectivity index (χ0) is 23.4. The fraction of sp³-hybridized carbons (Fsp3) is 0.222. The minimum atomic E-state index is 0.616. The molecule has 0 amide bonds. The molecule has 0 bridgehead atoms. The second kappa shape index (κ2) is 9.69. The fourth-order valence-electron chi connectivity index (χ4n) is 3.89. The van der Waals surface area contributed by atoms with Crippen LogP contribution in [0.25, 0.3) is 22.5 Å². The summed E-state index contributed by atoms with van der Waals surface area (Å²) in [5.41, 5.74) is 5.92. The summed E-state index contributed by atoms with van der Waals surface area (Å²) in [7, 11) is 6.59.